The van der Waals surface area contributed by atoms with Crippen LogP contribution in [0.1, 0.15) is 55.2 Å². The van der Waals surface area contributed by atoms with Crippen molar-refractivity contribution in [1.82, 2.24) is 20.1 Å². The molecule has 2 heterocycles. The largest absolute Gasteiger partial charge is 0.573 e. The lowest BCUT2D eigenvalue weighted by Crippen LogP contribution is -2.43. The molecule has 240 valence electrons. The Balaban J connectivity index is 1.07. The number of thioether (sulfide) groups is 1. The molecule has 8 nitrogen and oxygen atoms in total. The first-order valence-corrected chi connectivity index (χ1v) is 16.3. The number of hydrogen-bond donors (Lipinski definition) is 1. The van der Waals surface area contributed by atoms with Crippen molar-refractivity contribution in [2.75, 3.05) is 10.7 Å². The number of nitrogens with one attached hydrogen (secondary N) is 1. The van der Waals surface area contributed by atoms with E-state index in [-0.39, 0.29) is 23.9 Å². The summed E-state index contributed by atoms with van der Waals surface area (Å²) in [6.07, 6.45) is 0.477. The minimum Gasteiger partial charge on any atom is -0.406 e. The number of amidine groups is 1. The van der Waals surface area contributed by atoms with Crippen molar-refractivity contribution in [2.24, 2.45) is 4.99 Å². The minimum atomic E-state index is -4.74. The number of carbonyl (C=O) groups is 1. The molecule has 3 aromatic carbocycles. The van der Waals surface area contributed by atoms with Crippen LogP contribution in [0, 0.1) is 13.8 Å². The molecule has 3 atom stereocenters. The van der Waals surface area contributed by atoms with Gasteiger partial charge in [0.25, 0.3) is 0 Å². The molecular weight excluding hydrogens is 613 g/mol. The van der Waals surface area contributed by atoms with E-state index in [1.807, 2.05) is 12.1 Å². The number of anilines is 1. The van der Waals surface area contributed by atoms with Gasteiger partial charge in [-0.1, -0.05) is 54.2 Å². The Morgan fingerprint density at radius 2 is 1.72 bits per heavy atom. The molecule has 1 aliphatic carbocycles. The fraction of sp³-hybridized carbons (Fsp3) is 0.353. The topological polar surface area (TPSA) is 84.6 Å². The fourth-order valence-electron chi connectivity index (χ4n) is 6.23. The fourth-order valence-corrected chi connectivity index (χ4v) is 7.43. The predicted molar refractivity (Wildman–Crippen MR) is 175 cm³/mol. The number of hydrogen-bond acceptors (Lipinski definition) is 5. The van der Waals surface area contributed by atoms with Gasteiger partial charge in [0.05, 0.1) is 5.69 Å². The van der Waals surface area contributed by atoms with Crippen LogP contribution in [0.5, 0.6) is 5.75 Å². The number of halogens is 3. The van der Waals surface area contributed by atoms with E-state index in [4.69, 9.17) is 0 Å². The van der Waals surface area contributed by atoms with Gasteiger partial charge in [0, 0.05) is 29.1 Å². The summed E-state index contributed by atoms with van der Waals surface area (Å²) < 4.78 is 42.8. The molecule has 1 aliphatic heterocycles. The standard InChI is InChI=1S/C34H35F3N6O2S/c1-21-5-4-6-22(2)30(21)43-23(3)17-18-46-33(43)40-32(44)39-27-12-11-26(19-27)24-7-9-25(10-8-24)31-38-20-42(41-31)28-13-15-29(16-14-28)45-34(35,36)37/h4-10,13-16,20,23,26-27H,11-12,17-19H2,1-3H3,(H,39,44)/b40-33-. The molecule has 12 heteroatoms. The normalized spacial score (nSPS) is 21.0. The van der Waals surface area contributed by atoms with Crippen LogP contribution in [-0.4, -0.2) is 50.2 Å². The average Bonchev–Trinajstić information content (AvgIpc) is 3.69. The Kier molecular flexibility index (Phi) is 9.08. The maximum absolute atomic E-state index is 13.1. The van der Waals surface area contributed by atoms with Crippen molar-refractivity contribution in [3.05, 3.63) is 89.7 Å². The van der Waals surface area contributed by atoms with Gasteiger partial charge in [0.2, 0.25) is 0 Å². The van der Waals surface area contributed by atoms with E-state index < -0.39 is 6.36 Å². The Bertz CT molecular complexity index is 1700. The van der Waals surface area contributed by atoms with E-state index >= 15 is 0 Å². The van der Waals surface area contributed by atoms with Gasteiger partial charge in [0.15, 0.2) is 11.0 Å². The van der Waals surface area contributed by atoms with E-state index in [0.29, 0.717) is 17.4 Å². The third kappa shape index (κ3) is 7.22. The molecule has 1 aromatic heterocycles. The number of aryl methyl sites for hydroxylation is 2. The maximum atomic E-state index is 13.1. The Hall–Kier alpha value is -4.32. The number of aliphatic imine (C=N–C) groups is 1. The van der Waals surface area contributed by atoms with E-state index in [0.717, 1.165) is 47.9 Å². The Labute approximate surface area is 270 Å². The summed E-state index contributed by atoms with van der Waals surface area (Å²) in [4.78, 5) is 24.3. The lowest BCUT2D eigenvalue weighted by Gasteiger charge is -2.37. The predicted octanol–water partition coefficient (Wildman–Crippen LogP) is 8.18. The number of nitrogens with zero attached hydrogens (tertiary/aromatic N) is 5. The van der Waals surface area contributed by atoms with Crippen molar-refractivity contribution in [3.8, 4) is 22.8 Å². The molecule has 4 aromatic rings. The van der Waals surface area contributed by atoms with Gasteiger partial charge in [-0.15, -0.1) is 18.3 Å². The van der Waals surface area contributed by atoms with Crippen molar-refractivity contribution in [3.63, 3.8) is 0 Å². The van der Waals surface area contributed by atoms with Crippen molar-refractivity contribution >= 4 is 28.6 Å². The van der Waals surface area contributed by atoms with E-state index in [1.54, 1.807) is 11.8 Å². The highest BCUT2D eigenvalue weighted by Crippen LogP contribution is 2.36. The van der Waals surface area contributed by atoms with Gasteiger partial charge in [0.1, 0.15) is 12.1 Å². The van der Waals surface area contributed by atoms with Crippen LogP contribution in [0.15, 0.2) is 78.0 Å². The van der Waals surface area contributed by atoms with Gasteiger partial charge in [-0.2, -0.15) is 4.99 Å². The van der Waals surface area contributed by atoms with Crippen LogP contribution in [0.4, 0.5) is 23.7 Å². The third-order valence-electron chi connectivity index (χ3n) is 8.52. The number of benzene rings is 3. The summed E-state index contributed by atoms with van der Waals surface area (Å²) in [5, 5.41) is 8.40. The van der Waals surface area contributed by atoms with Crippen LogP contribution in [-0.2, 0) is 0 Å². The first-order valence-electron chi connectivity index (χ1n) is 15.3. The number of ether oxygens (including phenoxy) is 1. The third-order valence-corrected chi connectivity index (χ3v) is 9.50. The monoisotopic (exact) mass is 648 g/mol. The molecule has 0 spiro atoms. The quantitative estimate of drug-likeness (QED) is 0.227. The summed E-state index contributed by atoms with van der Waals surface area (Å²) in [6.45, 7) is 6.39. The molecule has 2 amide bonds. The van der Waals surface area contributed by atoms with Crippen molar-refractivity contribution < 1.29 is 22.7 Å². The van der Waals surface area contributed by atoms with Crippen LogP contribution >= 0.6 is 11.8 Å². The maximum Gasteiger partial charge on any atom is 0.573 e. The molecule has 2 fully saturated rings. The Morgan fingerprint density at radius 3 is 2.41 bits per heavy atom. The molecule has 46 heavy (non-hydrogen) atoms. The van der Waals surface area contributed by atoms with Crippen LogP contribution in [0.2, 0.25) is 0 Å². The van der Waals surface area contributed by atoms with Crippen molar-refractivity contribution in [1.29, 1.82) is 0 Å². The summed E-state index contributed by atoms with van der Waals surface area (Å²) in [6, 6.07) is 19.8. The van der Waals surface area contributed by atoms with Gasteiger partial charge in [-0.3, -0.25) is 0 Å². The molecule has 3 unspecified atom stereocenters. The van der Waals surface area contributed by atoms with Gasteiger partial charge in [-0.25, -0.2) is 14.5 Å². The second kappa shape index (κ2) is 13.2. The summed E-state index contributed by atoms with van der Waals surface area (Å²) >= 11 is 1.63. The van der Waals surface area contributed by atoms with E-state index in [2.05, 4.69) is 81.1 Å². The molecule has 2 aliphatic rings. The lowest BCUT2D eigenvalue weighted by molar-refractivity contribution is -0.274. The minimum absolute atomic E-state index is 0.0477. The highest BCUT2D eigenvalue weighted by atomic mass is 32.2. The summed E-state index contributed by atoms with van der Waals surface area (Å²) in [5.74, 6) is 1.44. The average molecular weight is 649 g/mol. The second-order valence-electron chi connectivity index (χ2n) is 11.8. The molecule has 6 rings (SSSR count). The zero-order chi connectivity index (χ0) is 32.4. The molecule has 1 saturated heterocycles. The number of para-hydroxylation sites is 1. The zero-order valence-corrected chi connectivity index (χ0v) is 26.6. The van der Waals surface area contributed by atoms with E-state index in [1.165, 1.54) is 52.0 Å². The smallest absolute Gasteiger partial charge is 0.406 e. The summed E-state index contributed by atoms with van der Waals surface area (Å²) in [7, 11) is 0. The number of carbonyl (C=O) groups excluding carboxylic acids is 1. The lowest BCUT2D eigenvalue weighted by atomic mass is 9.96. The van der Waals surface area contributed by atoms with Gasteiger partial charge >= 0.3 is 12.4 Å². The molecular formula is C34H35F3N6O2S. The number of urea groups is 1. The highest BCUT2D eigenvalue weighted by molar-refractivity contribution is 8.14. The molecule has 1 saturated carbocycles. The molecule has 0 radical (unpaired) electrons. The number of rotatable bonds is 6. The summed E-state index contributed by atoms with van der Waals surface area (Å²) in [5.41, 5.74) is 6.04. The highest BCUT2D eigenvalue weighted by Gasteiger charge is 2.32. The van der Waals surface area contributed by atoms with Crippen LogP contribution in [0.3, 0.4) is 0 Å². The zero-order valence-electron chi connectivity index (χ0n) is 25.8. The number of amides is 2. The first-order chi connectivity index (χ1) is 22.0. The van der Waals surface area contributed by atoms with Gasteiger partial charge < -0.3 is 15.0 Å². The number of aromatic nitrogens is 3. The number of alkyl halides is 3. The first kappa shape index (κ1) is 31.7. The molecule has 0 bridgehead atoms. The molecule has 1 N–H and O–H groups in total. The second-order valence-corrected chi connectivity index (χ2v) is 12.9. The Morgan fingerprint density at radius 1 is 1.00 bits per heavy atom. The van der Waals surface area contributed by atoms with Crippen LogP contribution < -0.4 is 15.0 Å². The van der Waals surface area contributed by atoms with E-state index in [9.17, 15) is 18.0 Å². The SMILES string of the molecule is Cc1cccc(C)c1N1/C(=N/C(=O)NC2CCC(c3ccc(-c4ncn(-c5ccc(OC(F)(F)F)cc5)n4)cc3)C2)SCCC1C. The van der Waals surface area contributed by atoms with Crippen LogP contribution in [0.25, 0.3) is 17.1 Å². The van der Waals surface area contributed by atoms with Crippen molar-refractivity contribution in [2.45, 2.75) is 70.8 Å². The van der Waals surface area contributed by atoms with Gasteiger partial charge in [-0.05, 0) is 93.3 Å².